The van der Waals surface area contributed by atoms with Crippen LogP contribution in [0.5, 0.6) is 5.75 Å². The van der Waals surface area contributed by atoms with E-state index >= 15 is 0 Å². The van der Waals surface area contributed by atoms with E-state index in [9.17, 15) is 0 Å². The molecule has 80 valence electrons. The Labute approximate surface area is 97.9 Å². The predicted octanol–water partition coefficient (Wildman–Crippen LogP) is 4.14. The van der Waals surface area contributed by atoms with Gasteiger partial charge < -0.3 is 9.72 Å². The second kappa shape index (κ2) is 3.61. The maximum atomic E-state index is 5.78. The van der Waals surface area contributed by atoms with E-state index in [1.807, 2.05) is 39.0 Å². The molecule has 1 N–H and O–H groups in total. The lowest BCUT2D eigenvalue weighted by Crippen LogP contribution is -2.22. The molecule has 0 amide bonds. The standard InChI is InChI=1S/C11H13NOS2/c1-11(2,3)13-7-4-5-8-9(6-7)15-10(14)12-8/h4-6H,1-3H3,(H,12,14). The van der Waals surface area contributed by atoms with Gasteiger partial charge in [0.05, 0.1) is 10.2 Å². The van der Waals surface area contributed by atoms with Crippen molar-refractivity contribution in [2.24, 2.45) is 0 Å². The van der Waals surface area contributed by atoms with Crippen molar-refractivity contribution in [2.75, 3.05) is 0 Å². The molecule has 0 bridgehead atoms. The Hall–Kier alpha value is -0.870. The van der Waals surface area contributed by atoms with Crippen molar-refractivity contribution < 1.29 is 4.74 Å². The number of aromatic nitrogens is 1. The number of ether oxygens (including phenoxy) is 1. The molecule has 0 unspecified atom stereocenters. The van der Waals surface area contributed by atoms with E-state index in [4.69, 9.17) is 17.0 Å². The number of H-pyrrole nitrogens is 1. The summed E-state index contributed by atoms with van der Waals surface area (Å²) in [4.78, 5) is 3.13. The van der Waals surface area contributed by atoms with Crippen LogP contribution in [0.1, 0.15) is 20.8 Å². The molecule has 0 fully saturated rings. The summed E-state index contributed by atoms with van der Waals surface area (Å²) < 4.78 is 7.72. The topological polar surface area (TPSA) is 25.0 Å². The molecule has 15 heavy (non-hydrogen) atoms. The average Bonchev–Trinajstić information content (AvgIpc) is 2.40. The number of rotatable bonds is 1. The molecule has 0 radical (unpaired) electrons. The molecule has 0 aliphatic carbocycles. The largest absolute Gasteiger partial charge is 0.488 e. The maximum absolute atomic E-state index is 5.78. The van der Waals surface area contributed by atoms with Crippen molar-refractivity contribution in [1.82, 2.24) is 4.98 Å². The van der Waals surface area contributed by atoms with Gasteiger partial charge in [0.25, 0.3) is 0 Å². The van der Waals surface area contributed by atoms with E-state index in [1.165, 1.54) is 0 Å². The quantitative estimate of drug-likeness (QED) is 0.757. The van der Waals surface area contributed by atoms with Gasteiger partial charge in [0.15, 0.2) is 3.95 Å². The number of nitrogens with one attached hydrogen (secondary N) is 1. The van der Waals surface area contributed by atoms with Gasteiger partial charge in [0, 0.05) is 0 Å². The summed E-state index contributed by atoms with van der Waals surface area (Å²) in [5, 5.41) is 0. The zero-order valence-corrected chi connectivity index (χ0v) is 10.6. The summed E-state index contributed by atoms with van der Waals surface area (Å²) in [5.74, 6) is 0.889. The SMILES string of the molecule is CC(C)(C)Oc1ccc2[nH]c(=S)sc2c1. The van der Waals surface area contributed by atoms with E-state index in [0.717, 1.165) is 19.9 Å². The Balaban J connectivity index is 2.42. The molecule has 0 saturated heterocycles. The smallest absolute Gasteiger partial charge is 0.159 e. The van der Waals surface area contributed by atoms with E-state index in [-0.39, 0.29) is 5.60 Å². The van der Waals surface area contributed by atoms with Crippen molar-refractivity contribution in [1.29, 1.82) is 0 Å². The van der Waals surface area contributed by atoms with Crippen LogP contribution in [0.3, 0.4) is 0 Å². The monoisotopic (exact) mass is 239 g/mol. The van der Waals surface area contributed by atoms with Gasteiger partial charge in [-0.3, -0.25) is 0 Å². The zero-order valence-electron chi connectivity index (χ0n) is 8.96. The minimum Gasteiger partial charge on any atom is -0.488 e. The Kier molecular flexibility index (Phi) is 2.56. The van der Waals surface area contributed by atoms with Crippen LogP contribution < -0.4 is 4.74 Å². The number of fused-ring (bicyclic) bond motifs is 1. The number of hydrogen-bond acceptors (Lipinski definition) is 3. The van der Waals surface area contributed by atoms with Gasteiger partial charge in [0.2, 0.25) is 0 Å². The van der Waals surface area contributed by atoms with E-state index in [2.05, 4.69) is 4.98 Å². The van der Waals surface area contributed by atoms with Crippen LogP contribution in [0.4, 0.5) is 0 Å². The van der Waals surface area contributed by atoms with Crippen LogP contribution in [0, 0.1) is 3.95 Å². The van der Waals surface area contributed by atoms with Gasteiger partial charge in [-0.25, -0.2) is 0 Å². The lowest BCUT2D eigenvalue weighted by molar-refractivity contribution is 0.131. The van der Waals surface area contributed by atoms with E-state index in [1.54, 1.807) is 11.3 Å². The maximum Gasteiger partial charge on any atom is 0.159 e. The summed E-state index contributed by atoms with van der Waals surface area (Å²) in [6.07, 6.45) is 0. The van der Waals surface area contributed by atoms with Crippen LogP contribution in [0.25, 0.3) is 10.2 Å². The van der Waals surface area contributed by atoms with Gasteiger partial charge in [-0.05, 0) is 51.2 Å². The first kappa shape index (κ1) is 10.6. The number of thiazole rings is 1. The van der Waals surface area contributed by atoms with Crippen LogP contribution in [-0.2, 0) is 0 Å². The van der Waals surface area contributed by atoms with E-state index in [0.29, 0.717) is 0 Å². The van der Waals surface area contributed by atoms with Crippen molar-refractivity contribution in [3.05, 3.63) is 22.2 Å². The minimum absolute atomic E-state index is 0.161. The lowest BCUT2D eigenvalue weighted by Gasteiger charge is -2.21. The summed E-state index contributed by atoms with van der Waals surface area (Å²) in [6.45, 7) is 6.11. The van der Waals surface area contributed by atoms with Crippen molar-refractivity contribution in [3.8, 4) is 5.75 Å². The van der Waals surface area contributed by atoms with Crippen LogP contribution in [0.15, 0.2) is 18.2 Å². The Morgan fingerprint density at radius 3 is 2.73 bits per heavy atom. The van der Waals surface area contributed by atoms with Crippen molar-refractivity contribution in [3.63, 3.8) is 0 Å². The predicted molar refractivity (Wildman–Crippen MR) is 67.4 cm³/mol. The minimum atomic E-state index is -0.161. The van der Waals surface area contributed by atoms with Crippen molar-refractivity contribution in [2.45, 2.75) is 26.4 Å². The molecule has 2 aromatic rings. The highest BCUT2D eigenvalue weighted by atomic mass is 32.1. The molecular formula is C11H13NOS2. The molecule has 1 heterocycles. The highest BCUT2D eigenvalue weighted by Crippen LogP contribution is 2.26. The first-order valence-corrected chi connectivity index (χ1v) is 5.98. The molecular weight excluding hydrogens is 226 g/mol. The normalized spacial score (nSPS) is 11.9. The second-order valence-electron chi connectivity index (χ2n) is 4.39. The van der Waals surface area contributed by atoms with Crippen LogP contribution in [0.2, 0.25) is 0 Å². The summed E-state index contributed by atoms with van der Waals surface area (Å²) in [6, 6.07) is 5.99. The third-order valence-corrected chi connectivity index (χ3v) is 3.01. The molecule has 0 saturated carbocycles. The first-order valence-electron chi connectivity index (χ1n) is 4.76. The Morgan fingerprint density at radius 2 is 2.07 bits per heavy atom. The molecule has 4 heteroatoms. The molecule has 2 nitrogen and oxygen atoms in total. The third kappa shape index (κ3) is 2.58. The number of benzene rings is 1. The Morgan fingerprint density at radius 1 is 1.33 bits per heavy atom. The Bertz CT molecular complexity index is 533. The highest BCUT2D eigenvalue weighted by Gasteiger charge is 2.12. The summed E-state index contributed by atoms with van der Waals surface area (Å²) in [5.41, 5.74) is 0.914. The van der Waals surface area contributed by atoms with Gasteiger partial charge in [-0.2, -0.15) is 0 Å². The fourth-order valence-corrected chi connectivity index (χ4v) is 2.49. The van der Waals surface area contributed by atoms with E-state index < -0.39 is 0 Å². The third-order valence-electron chi connectivity index (χ3n) is 1.82. The van der Waals surface area contributed by atoms with Gasteiger partial charge >= 0.3 is 0 Å². The molecule has 0 atom stereocenters. The van der Waals surface area contributed by atoms with Gasteiger partial charge in [0.1, 0.15) is 11.4 Å². The molecule has 1 aromatic heterocycles. The number of hydrogen-bond donors (Lipinski definition) is 1. The lowest BCUT2D eigenvalue weighted by atomic mass is 10.2. The molecule has 2 rings (SSSR count). The highest BCUT2D eigenvalue weighted by molar-refractivity contribution is 7.73. The zero-order chi connectivity index (χ0) is 11.1. The molecule has 1 aromatic carbocycles. The molecule has 0 spiro atoms. The number of aromatic amines is 1. The second-order valence-corrected chi connectivity index (χ2v) is 6.11. The molecule has 0 aliphatic heterocycles. The van der Waals surface area contributed by atoms with Crippen molar-refractivity contribution >= 4 is 33.8 Å². The average molecular weight is 239 g/mol. The first-order chi connectivity index (χ1) is 6.94. The van der Waals surface area contributed by atoms with Gasteiger partial charge in [-0.1, -0.05) is 0 Å². The molecule has 0 aliphatic rings. The summed E-state index contributed by atoms with van der Waals surface area (Å²) in [7, 11) is 0. The van der Waals surface area contributed by atoms with Crippen LogP contribution >= 0.6 is 23.6 Å². The fourth-order valence-electron chi connectivity index (χ4n) is 1.34. The van der Waals surface area contributed by atoms with Crippen LogP contribution in [-0.4, -0.2) is 10.6 Å². The van der Waals surface area contributed by atoms with Gasteiger partial charge in [-0.15, -0.1) is 11.3 Å². The summed E-state index contributed by atoms with van der Waals surface area (Å²) >= 11 is 6.66. The fraction of sp³-hybridized carbons (Fsp3) is 0.364.